The Kier molecular flexibility index (Phi) is 5.94. The van der Waals surface area contributed by atoms with Crippen molar-refractivity contribution in [1.29, 1.82) is 0 Å². The quantitative estimate of drug-likeness (QED) is 0.797. The van der Waals surface area contributed by atoms with Crippen molar-refractivity contribution >= 4 is 0 Å². The first kappa shape index (κ1) is 15.0. The fourth-order valence-corrected chi connectivity index (χ4v) is 3.15. The first-order valence-electron chi connectivity index (χ1n) is 7.47. The Morgan fingerprint density at radius 3 is 1.88 bits per heavy atom. The first-order valence-corrected chi connectivity index (χ1v) is 7.47. The summed E-state index contributed by atoms with van der Waals surface area (Å²) in [5, 5.41) is 10.6. The fourth-order valence-electron chi connectivity index (χ4n) is 3.15. The third kappa shape index (κ3) is 3.69. The van der Waals surface area contributed by atoms with E-state index in [1.165, 1.54) is 25.7 Å². The Hall–Kier alpha value is -0.0800. The molecule has 1 aliphatic rings. The van der Waals surface area contributed by atoms with Crippen molar-refractivity contribution in [2.24, 2.45) is 5.92 Å². The lowest BCUT2D eigenvalue weighted by Gasteiger charge is -2.44. The SMILES string of the molecule is CCC(CC)C(O)C(C)(C)N1CCCCCC1. The standard InChI is InChI=1S/C15H31NO/c1-5-13(6-2)14(17)15(3,4)16-11-9-7-8-10-12-16/h13-14,17H,5-12H2,1-4H3. The van der Waals surface area contributed by atoms with Crippen LogP contribution in [-0.2, 0) is 0 Å². The monoisotopic (exact) mass is 241 g/mol. The van der Waals surface area contributed by atoms with Crippen LogP contribution in [0.15, 0.2) is 0 Å². The van der Waals surface area contributed by atoms with Crippen molar-refractivity contribution < 1.29 is 5.11 Å². The molecule has 1 unspecified atom stereocenters. The van der Waals surface area contributed by atoms with Crippen molar-refractivity contribution in [1.82, 2.24) is 4.90 Å². The summed E-state index contributed by atoms with van der Waals surface area (Å²) < 4.78 is 0. The Morgan fingerprint density at radius 1 is 1.00 bits per heavy atom. The predicted octanol–water partition coefficient (Wildman–Crippen LogP) is 3.44. The molecule has 0 spiro atoms. The molecule has 0 radical (unpaired) electrons. The van der Waals surface area contributed by atoms with Crippen molar-refractivity contribution in [2.75, 3.05) is 13.1 Å². The molecule has 1 rings (SSSR count). The normalized spacial score (nSPS) is 21.5. The number of likely N-dealkylation sites (tertiary alicyclic amines) is 1. The highest BCUT2D eigenvalue weighted by atomic mass is 16.3. The van der Waals surface area contributed by atoms with Gasteiger partial charge in [-0.2, -0.15) is 0 Å². The molecule has 0 bridgehead atoms. The van der Waals surface area contributed by atoms with E-state index in [-0.39, 0.29) is 11.6 Å². The molecule has 0 aromatic carbocycles. The molecular weight excluding hydrogens is 210 g/mol. The maximum Gasteiger partial charge on any atom is 0.0746 e. The number of aliphatic hydroxyl groups is 1. The van der Waals surface area contributed by atoms with Crippen molar-refractivity contribution in [3.63, 3.8) is 0 Å². The molecule has 2 heteroatoms. The molecule has 102 valence electrons. The molecular formula is C15H31NO. The van der Waals surface area contributed by atoms with E-state index >= 15 is 0 Å². The fraction of sp³-hybridized carbons (Fsp3) is 1.00. The highest BCUT2D eigenvalue weighted by Crippen LogP contribution is 2.29. The van der Waals surface area contributed by atoms with Gasteiger partial charge in [0.05, 0.1) is 6.10 Å². The van der Waals surface area contributed by atoms with Gasteiger partial charge in [-0.25, -0.2) is 0 Å². The predicted molar refractivity (Wildman–Crippen MR) is 74.2 cm³/mol. The number of aliphatic hydroxyl groups excluding tert-OH is 1. The molecule has 17 heavy (non-hydrogen) atoms. The van der Waals surface area contributed by atoms with Gasteiger partial charge < -0.3 is 5.11 Å². The second-order valence-corrected chi connectivity index (χ2v) is 6.08. The van der Waals surface area contributed by atoms with Crippen LogP contribution in [0.25, 0.3) is 0 Å². The molecule has 0 aliphatic carbocycles. The van der Waals surface area contributed by atoms with Crippen LogP contribution in [-0.4, -0.2) is 34.7 Å². The van der Waals surface area contributed by atoms with E-state index in [0.717, 1.165) is 25.9 Å². The molecule has 1 saturated heterocycles. The molecule has 1 aliphatic heterocycles. The minimum atomic E-state index is -0.199. The maximum atomic E-state index is 10.6. The van der Waals surface area contributed by atoms with Gasteiger partial charge in [-0.15, -0.1) is 0 Å². The second-order valence-electron chi connectivity index (χ2n) is 6.08. The number of nitrogens with zero attached hydrogens (tertiary/aromatic N) is 1. The third-order valence-electron chi connectivity index (χ3n) is 4.64. The number of hydrogen-bond donors (Lipinski definition) is 1. The molecule has 1 N–H and O–H groups in total. The zero-order chi connectivity index (χ0) is 12.9. The number of hydrogen-bond acceptors (Lipinski definition) is 2. The largest absolute Gasteiger partial charge is 0.391 e. The third-order valence-corrected chi connectivity index (χ3v) is 4.64. The van der Waals surface area contributed by atoms with Crippen LogP contribution in [0.5, 0.6) is 0 Å². The van der Waals surface area contributed by atoms with E-state index in [9.17, 15) is 5.11 Å². The minimum absolute atomic E-state index is 0.0684. The maximum absolute atomic E-state index is 10.6. The zero-order valence-electron chi connectivity index (χ0n) is 12.2. The van der Waals surface area contributed by atoms with E-state index in [1.807, 2.05) is 0 Å². The molecule has 2 nitrogen and oxygen atoms in total. The molecule has 1 fully saturated rings. The Bertz CT molecular complexity index is 199. The van der Waals surface area contributed by atoms with E-state index in [1.54, 1.807) is 0 Å². The summed E-state index contributed by atoms with van der Waals surface area (Å²) in [4.78, 5) is 2.52. The lowest BCUT2D eigenvalue weighted by atomic mass is 9.82. The Morgan fingerprint density at radius 2 is 1.47 bits per heavy atom. The summed E-state index contributed by atoms with van der Waals surface area (Å²) in [6.07, 6.45) is 7.25. The topological polar surface area (TPSA) is 23.5 Å². The van der Waals surface area contributed by atoms with E-state index in [2.05, 4.69) is 32.6 Å². The van der Waals surface area contributed by atoms with Crippen LogP contribution in [0, 0.1) is 5.92 Å². The summed E-state index contributed by atoms with van der Waals surface area (Å²) in [5.74, 6) is 0.438. The second kappa shape index (κ2) is 6.75. The summed E-state index contributed by atoms with van der Waals surface area (Å²) in [6.45, 7) is 11.1. The smallest absolute Gasteiger partial charge is 0.0746 e. The molecule has 1 atom stereocenters. The van der Waals surface area contributed by atoms with Crippen LogP contribution in [0.3, 0.4) is 0 Å². The average molecular weight is 241 g/mol. The van der Waals surface area contributed by atoms with Crippen LogP contribution >= 0.6 is 0 Å². The minimum Gasteiger partial charge on any atom is -0.391 e. The number of rotatable bonds is 5. The van der Waals surface area contributed by atoms with E-state index in [4.69, 9.17) is 0 Å². The average Bonchev–Trinajstić information content (AvgIpc) is 2.59. The molecule has 1 heterocycles. The van der Waals surface area contributed by atoms with Gasteiger partial charge in [0.1, 0.15) is 0 Å². The van der Waals surface area contributed by atoms with Crippen LogP contribution in [0.2, 0.25) is 0 Å². The lowest BCUT2D eigenvalue weighted by molar-refractivity contribution is -0.0430. The van der Waals surface area contributed by atoms with Gasteiger partial charge in [0.25, 0.3) is 0 Å². The van der Waals surface area contributed by atoms with Gasteiger partial charge in [-0.05, 0) is 45.7 Å². The van der Waals surface area contributed by atoms with Gasteiger partial charge in [0.15, 0.2) is 0 Å². The summed E-state index contributed by atoms with van der Waals surface area (Å²) in [7, 11) is 0. The van der Waals surface area contributed by atoms with Crippen LogP contribution in [0.1, 0.15) is 66.2 Å². The van der Waals surface area contributed by atoms with Gasteiger partial charge in [-0.1, -0.05) is 39.5 Å². The molecule has 0 saturated carbocycles. The molecule has 0 aromatic heterocycles. The van der Waals surface area contributed by atoms with E-state index < -0.39 is 0 Å². The molecule has 0 amide bonds. The van der Waals surface area contributed by atoms with Crippen molar-refractivity contribution in [3.8, 4) is 0 Å². The summed E-state index contributed by atoms with van der Waals surface area (Å²) >= 11 is 0. The lowest BCUT2D eigenvalue weighted by Crippen LogP contribution is -2.55. The van der Waals surface area contributed by atoms with Gasteiger partial charge >= 0.3 is 0 Å². The van der Waals surface area contributed by atoms with Gasteiger partial charge in [0, 0.05) is 5.54 Å². The highest BCUT2D eigenvalue weighted by molar-refractivity contribution is 4.92. The van der Waals surface area contributed by atoms with Crippen LogP contribution in [0.4, 0.5) is 0 Å². The highest BCUT2D eigenvalue weighted by Gasteiger charge is 2.37. The summed E-state index contributed by atoms with van der Waals surface area (Å²) in [5.41, 5.74) is -0.0684. The molecule has 0 aromatic rings. The van der Waals surface area contributed by atoms with Gasteiger partial charge in [0.2, 0.25) is 0 Å². The van der Waals surface area contributed by atoms with Crippen LogP contribution < -0.4 is 0 Å². The zero-order valence-corrected chi connectivity index (χ0v) is 12.2. The van der Waals surface area contributed by atoms with Crippen molar-refractivity contribution in [2.45, 2.75) is 77.9 Å². The first-order chi connectivity index (χ1) is 8.04. The Labute approximate surface area is 107 Å². The van der Waals surface area contributed by atoms with Crippen molar-refractivity contribution in [3.05, 3.63) is 0 Å². The van der Waals surface area contributed by atoms with Gasteiger partial charge in [-0.3, -0.25) is 4.90 Å². The Balaban J connectivity index is 2.69. The van der Waals surface area contributed by atoms with E-state index in [0.29, 0.717) is 5.92 Å². The summed E-state index contributed by atoms with van der Waals surface area (Å²) in [6, 6.07) is 0.